The number of piperidine rings is 1. The van der Waals surface area contributed by atoms with Crippen LogP contribution in [0.2, 0.25) is 0 Å². The van der Waals surface area contributed by atoms with Crippen molar-refractivity contribution in [2.75, 3.05) is 13.1 Å². The van der Waals surface area contributed by atoms with Crippen LogP contribution in [0.3, 0.4) is 0 Å². The fraction of sp³-hybridized carbons (Fsp3) is 0.500. The van der Waals surface area contributed by atoms with E-state index < -0.39 is 17.5 Å². The van der Waals surface area contributed by atoms with Crippen molar-refractivity contribution < 1.29 is 13.6 Å². The zero-order valence-corrected chi connectivity index (χ0v) is 10.9. The summed E-state index contributed by atoms with van der Waals surface area (Å²) in [6.07, 6.45) is 1.86. The second-order valence-electron chi connectivity index (χ2n) is 5.05. The highest BCUT2D eigenvalue weighted by Crippen LogP contribution is 2.25. The summed E-state index contributed by atoms with van der Waals surface area (Å²) in [6.45, 7) is 2.91. The normalized spacial score (nSPS) is 23.5. The minimum absolute atomic E-state index is 0.107. The molecular weight excluding hydrogens is 250 g/mol. The van der Waals surface area contributed by atoms with Crippen molar-refractivity contribution in [1.82, 2.24) is 4.90 Å². The first-order valence-corrected chi connectivity index (χ1v) is 6.50. The average molecular weight is 268 g/mol. The van der Waals surface area contributed by atoms with Gasteiger partial charge in [0.1, 0.15) is 11.6 Å². The highest BCUT2D eigenvalue weighted by atomic mass is 19.1. The third-order valence-electron chi connectivity index (χ3n) is 3.78. The van der Waals surface area contributed by atoms with E-state index in [9.17, 15) is 13.6 Å². The number of hydrogen-bond acceptors (Lipinski definition) is 2. The van der Waals surface area contributed by atoms with Gasteiger partial charge in [0, 0.05) is 19.1 Å². The third kappa shape index (κ3) is 2.76. The molecule has 2 N–H and O–H groups in total. The first kappa shape index (κ1) is 13.9. The number of rotatable bonds is 2. The molecule has 1 aromatic rings. The van der Waals surface area contributed by atoms with Crippen molar-refractivity contribution in [1.29, 1.82) is 0 Å². The van der Waals surface area contributed by atoms with Crippen molar-refractivity contribution in [2.24, 2.45) is 11.7 Å². The lowest BCUT2D eigenvalue weighted by molar-refractivity contribution is 0.0527. The van der Waals surface area contributed by atoms with Crippen molar-refractivity contribution in [2.45, 2.75) is 25.8 Å². The molecule has 19 heavy (non-hydrogen) atoms. The molecule has 0 bridgehead atoms. The number of nitrogens with two attached hydrogens (primary N) is 1. The second-order valence-corrected chi connectivity index (χ2v) is 5.05. The Hall–Kier alpha value is -1.49. The number of benzene rings is 1. The summed E-state index contributed by atoms with van der Waals surface area (Å²) in [7, 11) is 0. The number of likely N-dealkylation sites (tertiary alicyclic amines) is 1. The van der Waals surface area contributed by atoms with Gasteiger partial charge in [-0.2, -0.15) is 0 Å². The van der Waals surface area contributed by atoms with Gasteiger partial charge in [-0.1, -0.05) is 6.92 Å². The fourth-order valence-corrected chi connectivity index (χ4v) is 2.68. The first-order valence-electron chi connectivity index (χ1n) is 6.50. The van der Waals surface area contributed by atoms with Gasteiger partial charge in [0.25, 0.3) is 5.91 Å². The summed E-state index contributed by atoms with van der Waals surface area (Å²) >= 11 is 0. The third-order valence-corrected chi connectivity index (χ3v) is 3.78. The molecule has 3 nitrogen and oxygen atoms in total. The molecule has 104 valence electrons. The van der Waals surface area contributed by atoms with Crippen molar-refractivity contribution in [3.63, 3.8) is 0 Å². The van der Waals surface area contributed by atoms with Gasteiger partial charge in [0.05, 0.1) is 5.56 Å². The molecule has 1 aromatic carbocycles. The zero-order valence-electron chi connectivity index (χ0n) is 10.9. The summed E-state index contributed by atoms with van der Waals surface area (Å²) in [5, 5.41) is 0. The van der Waals surface area contributed by atoms with E-state index in [1.807, 2.05) is 6.92 Å². The largest absolute Gasteiger partial charge is 0.334 e. The van der Waals surface area contributed by atoms with E-state index in [1.54, 1.807) is 4.90 Å². The van der Waals surface area contributed by atoms with Crippen LogP contribution in [-0.2, 0) is 0 Å². The Morgan fingerprint density at radius 3 is 2.89 bits per heavy atom. The summed E-state index contributed by atoms with van der Waals surface area (Å²) in [6, 6.07) is 2.83. The molecule has 1 heterocycles. The molecule has 1 saturated heterocycles. The molecule has 0 aliphatic carbocycles. The summed E-state index contributed by atoms with van der Waals surface area (Å²) < 4.78 is 26.8. The lowest BCUT2D eigenvalue weighted by Crippen LogP contribution is -2.51. The number of carbonyl (C=O) groups is 1. The molecule has 2 rings (SSSR count). The Balaban J connectivity index is 2.29. The topological polar surface area (TPSA) is 46.3 Å². The number of nitrogens with zero attached hydrogens (tertiary/aromatic N) is 1. The second kappa shape index (κ2) is 5.65. The van der Waals surface area contributed by atoms with Crippen LogP contribution in [0.4, 0.5) is 8.78 Å². The van der Waals surface area contributed by atoms with Gasteiger partial charge in [0.2, 0.25) is 0 Å². The van der Waals surface area contributed by atoms with Crippen LogP contribution in [0, 0.1) is 17.6 Å². The van der Waals surface area contributed by atoms with Gasteiger partial charge in [-0.25, -0.2) is 8.78 Å². The Labute approximate surface area is 111 Å². The maximum absolute atomic E-state index is 13.7. The molecule has 2 atom stereocenters. The van der Waals surface area contributed by atoms with E-state index in [0.29, 0.717) is 13.1 Å². The Morgan fingerprint density at radius 1 is 1.47 bits per heavy atom. The van der Waals surface area contributed by atoms with Crippen molar-refractivity contribution in [3.05, 3.63) is 35.4 Å². The minimum Gasteiger partial charge on any atom is -0.334 e. The van der Waals surface area contributed by atoms with Gasteiger partial charge in [0.15, 0.2) is 0 Å². The van der Waals surface area contributed by atoms with Crippen LogP contribution in [0.25, 0.3) is 0 Å². The Bertz CT molecular complexity index is 479. The van der Waals surface area contributed by atoms with E-state index in [1.165, 1.54) is 0 Å². The molecule has 1 amide bonds. The highest BCUT2D eigenvalue weighted by molar-refractivity contribution is 5.94. The summed E-state index contributed by atoms with van der Waals surface area (Å²) in [4.78, 5) is 13.9. The summed E-state index contributed by atoms with van der Waals surface area (Å²) in [5.74, 6) is -1.50. The van der Waals surface area contributed by atoms with Crippen LogP contribution in [0.1, 0.15) is 30.1 Å². The van der Waals surface area contributed by atoms with Gasteiger partial charge >= 0.3 is 0 Å². The van der Waals surface area contributed by atoms with Gasteiger partial charge in [-0.15, -0.1) is 0 Å². The Morgan fingerprint density at radius 2 is 2.21 bits per heavy atom. The molecule has 0 aromatic heterocycles. The average Bonchev–Trinajstić information content (AvgIpc) is 2.40. The molecule has 0 radical (unpaired) electrons. The maximum Gasteiger partial charge on any atom is 0.257 e. The maximum atomic E-state index is 13.7. The van der Waals surface area contributed by atoms with Gasteiger partial charge < -0.3 is 10.6 Å². The number of hydrogen-bond donors (Lipinski definition) is 1. The van der Waals surface area contributed by atoms with Crippen molar-refractivity contribution in [3.8, 4) is 0 Å². The van der Waals surface area contributed by atoms with E-state index in [2.05, 4.69) is 0 Å². The number of amides is 1. The minimum atomic E-state index is -0.694. The monoisotopic (exact) mass is 268 g/mol. The molecule has 0 saturated carbocycles. The predicted octanol–water partition coefficient (Wildman–Crippen LogP) is 2.16. The lowest BCUT2D eigenvalue weighted by atomic mass is 9.90. The van der Waals surface area contributed by atoms with Crippen LogP contribution in [0.15, 0.2) is 18.2 Å². The van der Waals surface area contributed by atoms with Crippen LogP contribution in [-0.4, -0.2) is 29.9 Å². The van der Waals surface area contributed by atoms with Crippen LogP contribution < -0.4 is 5.73 Å². The standard InChI is InChI=1S/C14H18F2N2O/c1-9-3-2-6-18(13(9)8-17)14(19)11-7-10(15)4-5-12(11)16/h4-5,7,9,13H,2-3,6,8,17H2,1H3/t9-,13-/m0/s1. The lowest BCUT2D eigenvalue weighted by Gasteiger charge is -2.39. The SMILES string of the molecule is C[C@H]1CCCN(C(=O)c2cc(F)ccc2F)[C@H]1CN. The van der Waals surface area contributed by atoms with Crippen LogP contribution in [0.5, 0.6) is 0 Å². The quantitative estimate of drug-likeness (QED) is 0.893. The molecule has 1 fully saturated rings. The van der Waals surface area contributed by atoms with E-state index >= 15 is 0 Å². The molecular formula is C14H18F2N2O. The summed E-state index contributed by atoms with van der Waals surface area (Å²) in [5.41, 5.74) is 5.49. The molecule has 0 spiro atoms. The molecule has 1 aliphatic rings. The highest BCUT2D eigenvalue weighted by Gasteiger charge is 2.32. The van der Waals surface area contributed by atoms with Gasteiger partial charge in [-0.05, 0) is 37.0 Å². The predicted molar refractivity (Wildman–Crippen MR) is 68.6 cm³/mol. The first-order chi connectivity index (χ1) is 9.04. The van der Waals surface area contributed by atoms with Crippen molar-refractivity contribution >= 4 is 5.91 Å². The van der Waals surface area contributed by atoms with E-state index in [-0.39, 0.29) is 17.5 Å². The molecule has 1 aliphatic heterocycles. The van der Waals surface area contributed by atoms with Gasteiger partial charge in [-0.3, -0.25) is 4.79 Å². The van der Waals surface area contributed by atoms with Crippen LogP contribution >= 0.6 is 0 Å². The molecule has 5 heteroatoms. The smallest absolute Gasteiger partial charge is 0.257 e. The van der Waals surface area contributed by atoms with E-state index in [4.69, 9.17) is 5.73 Å². The fourth-order valence-electron chi connectivity index (χ4n) is 2.68. The molecule has 0 unspecified atom stereocenters. The number of carbonyl (C=O) groups excluding carboxylic acids is 1. The Kier molecular flexibility index (Phi) is 4.14. The number of halogens is 2. The zero-order chi connectivity index (χ0) is 14.0. The van der Waals surface area contributed by atoms with E-state index in [0.717, 1.165) is 31.0 Å².